The summed E-state index contributed by atoms with van der Waals surface area (Å²) in [6.07, 6.45) is 3.19. The summed E-state index contributed by atoms with van der Waals surface area (Å²) in [6.45, 7) is 5.91. The Bertz CT molecular complexity index is 1120. The van der Waals surface area contributed by atoms with E-state index in [9.17, 15) is 4.79 Å². The van der Waals surface area contributed by atoms with Crippen LogP contribution in [0, 0.1) is 20.8 Å². The molecular weight excluding hydrogens is 354 g/mol. The highest BCUT2D eigenvalue weighted by Gasteiger charge is 2.13. The summed E-state index contributed by atoms with van der Waals surface area (Å²) in [6, 6.07) is 13.4. The van der Waals surface area contributed by atoms with Crippen LogP contribution in [0.5, 0.6) is 0 Å². The third-order valence-corrected chi connectivity index (χ3v) is 4.26. The number of benzene rings is 1. The monoisotopic (exact) mass is 373 g/mol. The number of anilines is 1. The topological polar surface area (TPSA) is 90.5 Å². The van der Waals surface area contributed by atoms with Crippen LogP contribution in [0.1, 0.15) is 27.4 Å². The quantitative estimate of drug-likeness (QED) is 0.594. The normalized spacial score (nSPS) is 10.8. The van der Waals surface area contributed by atoms with E-state index in [1.807, 2.05) is 51.1 Å². The van der Waals surface area contributed by atoms with E-state index in [-0.39, 0.29) is 11.6 Å². The van der Waals surface area contributed by atoms with E-state index >= 15 is 0 Å². The second-order valence-electron chi connectivity index (χ2n) is 6.58. The first-order chi connectivity index (χ1) is 13.5. The molecule has 0 unspecified atom stereocenters. The van der Waals surface area contributed by atoms with Crippen molar-refractivity contribution in [2.75, 3.05) is 5.32 Å². The summed E-state index contributed by atoms with van der Waals surface area (Å²) < 4.78 is 3.33. The van der Waals surface area contributed by atoms with Crippen molar-refractivity contribution in [2.24, 2.45) is 0 Å². The van der Waals surface area contributed by atoms with Crippen LogP contribution in [0.4, 0.5) is 5.69 Å². The van der Waals surface area contributed by atoms with E-state index in [4.69, 9.17) is 0 Å². The zero-order valence-electron chi connectivity index (χ0n) is 15.8. The van der Waals surface area contributed by atoms with Crippen molar-refractivity contribution in [3.8, 4) is 11.5 Å². The molecule has 4 rings (SSSR count). The van der Waals surface area contributed by atoms with Gasteiger partial charge in [-0.05, 0) is 51.1 Å². The van der Waals surface area contributed by atoms with Gasteiger partial charge in [0.15, 0.2) is 11.5 Å². The van der Waals surface area contributed by atoms with Gasteiger partial charge < -0.3 is 5.32 Å². The summed E-state index contributed by atoms with van der Waals surface area (Å²) in [5.41, 5.74) is 4.71. The van der Waals surface area contributed by atoms with E-state index in [2.05, 4.69) is 25.7 Å². The van der Waals surface area contributed by atoms with E-state index in [0.29, 0.717) is 11.5 Å². The first-order valence-electron chi connectivity index (χ1n) is 8.80. The predicted molar refractivity (Wildman–Crippen MR) is 105 cm³/mol. The van der Waals surface area contributed by atoms with Gasteiger partial charge in [0.25, 0.3) is 5.91 Å². The largest absolute Gasteiger partial charge is 0.319 e. The zero-order valence-corrected chi connectivity index (χ0v) is 15.8. The fourth-order valence-electron chi connectivity index (χ4n) is 2.83. The molecule has 8 heteroatoms. The molecule has 0 saturated carbocycles. The van der Waals surface area contributed by atoms with E-state index in [1.54, 1.807) is 33.9 Å². The first-order valence-corrected chi connectivity index (χ1v) is 8.80. The molecule has 28 heavy (non-hydrogen) atoms. The van der Waals surface area contributed by atoms with Crippen LogP contribution in [-0.2, 0) is 0 Å². The van der Waals surface area contributed by atoms with Crippen molar-refractivity contribution in [1.29, 1.82) is 0 Å². The molecule has 140 valence electrons. The Kier molecular flexibility index (Phi) is 4.44. The second kappa shape index (κ2) is 7.07. The van der Waals surface area contributed by atoms with Gasteiger partial charge in [0.2, 0.25) is 0 Å². The van der Waals surface area contributed by atoms with Gasteiger partial charge in [-0.15, -0.1) is 5.10 Å². The van der Waals surface area contributed by atoms with Gasteiger partial charge in [0, 0.05) is 5.69 Å². The van der Waals surface area contributed by atoms with E-state index in [1.165, 1.54) is 0 Å². The maximum atomic E-state index is 12.5. The van der Waals surface area contributed by atoms with Gasteiger partial charge in [-0.1, -0.05) is 22.9 Å². The lowest BCUT2D eigenvalue weighted by atomic mass is 10.2. The minimum Gasteiger partial charge on any atom is -0.319 e. The number of rotatable bonds is 4. The Hall–Kier alpha value is -3.81. The maximum Gasteiger partial charge on any atom is 0.277 e. The molecule has 0 saturated heterocycles. The summed E-state index contributed by atoms with van der Waals surface area (Å²) in [7, 11) is 0. The molecule has 1 amide bonds. The highest BCUT2D eigenvalue weighted by Crippen LogP contribution is 2.14. The molecule has 0 radical (unpaired) electrons. The van der Waals surface area contributed by atoms with Gasteiger partial charge in [-0.3, -0.25) is 4.79 Å². The van der Waals surface area contributed by atoms with E-state index in [0.717, 1.165) is 22.6 Å². The fraction of sp³-hybridized carbons (Fsp3) is 0.150. The first kappa shape index (κ1) is 17.6. The van der Waals surface area contributed by atoms with Crippen molar-refractivity contribution in [3.63, 3.8) is 0 Å². The van der Waals surface area contributed by atoms with Gasteiger partial charge >= 0.3 is 0 Å². The number of carbonyl (C=O) groups is 1. The van der Waals surface area contributed by atoms with Crippen LogP contribution in [0.3, 0.4) is 0 Å². The lowest BCUT2D eigenvalue weighted by Gasteiger charge is -2.06. The van der Waals surface area contributed by atoms with Crippen LogP contribution < -0.4 is 5.32 Å². The molecule has 3 heterocycles. The Labute approximate surface area is 161 Å². The SMILES string of the molecule is Cc1ccc(-n2cc(C(=O)Nc3ccc(-n4nc(C)cc4C)nc3)nn2)cc1. The molecule has 0 aliphatic carbocycles. The van der Waals surface area contributed by atoms with Crippen molar-refractivity contribution < 1.29 is 4.79 Å². The smallest absolute Gasteiger partial charge is 0.277 e. The van der Waals surface area contributed by atoms with Gasteiger partial charge in [0.1, 0.15) is 0 Å². The Morgan fingerprint density at radius 2 is 1.82 bits per heavy atom. The number of amides is 1. The predicted octanol–water partition coefficient (Wildman–Crippen LogP) is 3.03. The fourth-order valence-corrected chi connectivity index (χ4v) is 2.83. The molecule has 8 nitrogen and oxygen atoms in total. The molecule has 4 aromatic rings. The van der Waals surface area contributed by atoms with Crippen LogP contribution in [0.15, 0.2) is 54.9 Å². The van der Waals surface area contributed by atoms with Crippen LogP contribution >= 0.6 is 0 Å². The number of carbonyl (C=O) groups excluding carboxylic acids is 1. The van der Waals surface area contributed by atoms with Crippen LogP contribution in [0.25, 0.3) is 11.5 Å². The van der Waals surface area contributed by atoms with Crippen LogP contribution in [0.2, 0.25) is 0 Å². The van der Waals surface area contributed by atoms with Crippen molar-refractivity contribution in [2.45, 2.75) is 20.8 Å². The standard InChI is InChI=1S/C20H19N7O/c1-13-4-7-17(8-5-13)26-12-18(23-25-26)20(28)22-16-6-9-19(21-11-16)27-15(3)10-14(2)24-27/h4-12H,1-3H3,(H,22,28). The van der Waals surface area contributed by atoms with Crippen molar-refractivity contribution in [1.82, 2.24) is 29.8 Å². The third-order valence-electron chi connectivity index (χ3n) is 4.26. The number of pyridine rings is 1. The third kappa shape index (κ3) is 3.52. The molecule has 0 spiro atoms. The summed E-state index contributed by atoms with van der Waals surface area (Å²) in [4.78, 5) is 16.8. The number of nitrogens with one attached hydrogen (secondary N) is 1. The average molecular weight is 373 g/mol. The molecule has 1 N–H and O–H groups in total. The maximum absolute atomic E-state index is 12.5. The number of aryl methyl sites for hydroxylation is 3. The lowest BCUT2D eigenvalue weighted by molar-refractivity contribution is 0.102. The Morgan fingerprint density at radius 3 is 2.46 bits per heavy atom. The van der Waals surface area contributed by atoms with Gasteiger partial charge in [-0.25, -0.2) is 14.3 Å². The summed E-state index contributed by atoms with van der Waals surface area (Å²) >= 11 is 0. The molecule has 1 aromatic carbocycles. The van der Waals surface area contributed by atoms with Gasteiger partial charge in [-0.2, -0.15) is 5.10 Å². The number of hydrogen-bond acceptors (Lipinski definition) is 5. The van der Waals surface area contributed by atoms with Gasteiger partial charge in [0.05, 0.1) is 29.5 Å². The zero-order chi connectivity index (χ0) is 19.7. The van der Waals surface area contributed by atoms with Crippen molar-refractivity contribution in [3.05, 3.63) is 77.5 Å². The number of nitrogens with zero attached hydrogens (tertiary/aromatic N) is 6. The second-order valence-corrected chi connectivity index (χ2v) is 6.58. The molecule has 0 aliphatic heterocycles. The summed E-state index contributed by atoms with van der Waals surface area (Å²) in [5, 5.41) is 15.2. The summed E-state index contributed by atoms with van der Waals surface area (Å²) in [5.74, 6) is 0.341. The molecular formula is C20H19N7O. The lowest BCUT2D eigenvalue weighted by Crippen LogP contribution is -2.13. The molecule has 3 aromatic heterocycles. The Morgan fingerprint density at radius 1 is 1.04 bits per heavy atom. The average Bonchev–Trinajstić information content (AvgIpc) is 3.30. The number of hydrogen-bond donors (Lipinski definition) is 1. The molecule has 0 bridgehead atoms. The minimum absolute atomic E-state index is 0.225. The highest BCUT2D eigenvalue weighted by molar-refractivity contribution is 6.02. The Balaban J connectivity index is 1.48. The minimum atomic E-state index is -0.348. The van der Waals surface area contributed by atoms with E-state index < -0.39 is 0 Å². The van der Waals surface area contributed by atoms with Crippen molar-refractivity contribution >= 4 is 11.6 Å². The number of aromatic nitrogens is 6. The highest BCUT2D eigenvalue weighted by atomic mass is 16.2. The molecule has 0 fully saturated rings. The molecule has 0 aliphatic rings. The molecule has 0 atom stereocenters. The van der Waals surface area contributed by atoms with Crippen LogP contribution in [-0.4, -0.2) is 35.7 Å².